The van der Waals surface area contributed by atoms with Crippen LogP contribution in [0, 0.1) is 0 Å². The molecule has 5 nitrogen and oxygen atoms in total. The van der Waals surface area contributed by atoms with Crippen molar-refractivity contribution in [1.29, 1.82) is 0 Å². The molecule has 0 aliphatic heterocycles. The summed E-state index contributed by atoms with van der Waals surface area (Å²) in [6.45, 7) is 1.30. The van der Waals surface area contributed by atoms with Crippen molar-refractivity contribution >= 4 is 23.2 Å². The maximum Gasteiger partial charge on any atom is 0.245 e. The molecule has 0 unspecified atom stereocenters. The molecule has 0 aliphatic carbocycles. The average Bonchev–Trinajstić information content (AvgIpc) is 2.60. The van der Waals surface area contributed by atoms with Crippen molar-refractivity contribution in [2.45, 2.75) is 0 Å². The number of rotatable bonds is 3. The van der Waals surface area contributed by atoms with Gasteiger partial charge in [-0.25, -0.2) is 4.52 Å². The standard InChI is InChI=1S/C9H12ClN5/c1-14(5-4-11)9-12-8-3-2-7(10)6-15(8)13-9/h2-3,6H,4-5,11H2,1H3. The minimum atomic E-state index is 0.576. The first-order valence-corrected chi connectivity index (χ1v) is 5.01. The quantitative estimate of drug-likeness (QED) is 0.839. The van der Waals surface area contributed by atoms with Crippen LogP contribution in [0.25, 0.3) is 5.65 Å². The maximum atomic E-state index is 5.85. The van der Waals surface area contributed by atoms with Crippen LogP contribution in [0.1, 0.15) is 0 Å². The van der Waals surface area contributed by atoms with E-state index in [0.717, 1.165) is 12.2 Å². The number of hydrogen-bond acceptors (Lipinski definition) is 4. The summed E-state index contributed by atoms with van der Waals surface area (Å²) >= 11 is 5.85. The number of aromatic nitrogens is 3. The highest BCUT2D eigenvalue weighted by atomic mass is 35.5. The Morgan fingerprint density at radius 3 is 3.07 bits per heavy atom. The van der Waals surface area contributed by atoms with Gasteiger partial charge in [0.2, 0.25) is 5.95 Å². The molecule has 0 radical (unpaired) electrons. The number of halogens is 1. The van der Waals surface area contributed by atoms with Crippen molar-refractivity contribution in [2.24, 2.45) is 5.73 Å². The van der Waals surface area contributed by atoms with Crippen molar-refractivity contribution in [1.82, 2.24) is 14.6 Å². The van der Waals surface area contributed by atoms with Gasteiger partial charge in [0.1, 0.15) is 0 Å². The van der Waals surface area contributed by atoms with E-state index >= 15 is 0 Å². The molecular weight excluding hydrogens is 214 g/mol. The van der Waals surface area contributed by atoms with Crippen LogP contribution in [-0.4, -0.2) is 34.7 Å². The fourth-order valence-corrected chi connectivity index (χ4v) is 1.46. The molecule has 15 heavy (non-hydrogen) atoms. The lowest BCUT2D eigenvalue weighted by atomic mass is 10.5. The van der Waals surface area contributed by atoms with Gasteiger partial charge >= 0.3 is 0 Å². The van der Waals surface area contributed by atoms with E-state index in [2.05, 4.69) is 10.1 Å². The Labute approximate surface area is 92.5 Å². The number of nitrogens with zero attached hydrogens (tertiary/aromatic N) is 4. The first-order chi connectivity index (χ1) is 7.20. The molecule has 6 heteroatoms. The molecule has 80 valence electrons. The second-order valence-electron chi connectivity index (χ2n) is 3.27. The molecule has 0 atom stereocenters. The largest absolute Gasteiger partial charge is 0.341 e. The highest BCUT2D eigenvalue weighted by Crippen LogP contribution is 2.12. The van der Waals surface area contributed by atoms with E-state index in [1.165, 1.54) is 0 Å². The minimum Gasteiger partial charge on any atom is -0.341 e. The van der Waals surface area contributed by atoms with E-state index < -0.39 is 0 Å². The fraction of sp³-hybridized carbons (Fsp3) is 0.333. The molecule has 2 rings (SSSR count). The van der Waals surface area contributed by atoms with Crippen LogP contribution in [0.3, 0.4) is 0 Å². The van der Waals surface area contributed by atoms with E-state index in [9.17, 15) is 0 Å². The molecule has 2 aromatic rings. The summed E-state index contributed by atoms with van der Waals surface area (Å²) in [6, 6.07) is 3.62. The van der Waals surface area contributed by atoms with E-state index in [4.69, 9.17) is 17.3 Å². The Hall–Kier alpha value is -1.33. The van der Waals surface area contributed by atoms with E-state index in [1.54, 1.807) is 16.8 Å². The van der Waals surface area contributed by atoms with Gasteiger partial charge in [-0.1, -0.05) is 11.6 Å². The molecule has 0 spiro atoms. The third-order valence-electron chi connectivity index (χ3n) is 2.09. The molecular formula is C9H12ClN5. The summed E-state index contributed by atoms with van der Waals surface area (Å²) in [5, 5.41) is 4.92. The second kappa shape index (κ2) is 4.04. The number of pyridine rings is 1. The highest BCUT2D eigenvalue weighted by molar-refractivity contribution is 6.30. The molecule has 0 saturated heterocycles. The Kier molecular flexibility index (Phi) is 2.75. The lowest BCUT2D eigenvalue weighted by Gasteiger charge is -2.11. The van der Waals surface area contributed by atoms with Gasteiger partial charge in [-0.2, -0.15) is 4.98 Å². The van der Waals surface area contributed by atoms with E-state index in [0.29, 0.717) is 17.5 Å². The van der Waals surface area contributed by atoms with E-state index in [1.807, 2.05) is 18.0 Å². The van der Waals surface area contributed by atoms with Gasteiger partial charge in [-0.3, -0.25) is 0 Å². The number of fused-ring (bicyclic) bond motifs is 1. The Morgan fingerprint density at radius 2 is 2.33 bits per heavy atom. The molecule has 2 aromatic heterocycles. The summed E-state index contributed by atoms with van der Waals surface area (Å²) in [5.41, 5.74) is 6.24. The van der Waals surface area contributed by atoms with Gasteiger partial charge in [0.25, 0.3) is 0 Å². The first kappa shape index (κ1) is 10.2. The first-order valence-electron chi connectivity index (χ1n) is 4.64. The Balaban J connectivity index is 2.38. The zero-order valence-corrected chi connectivity index (χ0v) is 9.15. The summed E-state index contributed by atoms with van der Waals surface area (Å²) < 4.78 is 1.66. The zero-order valence-electron chi connectivity index (χ0n) is 8.39. The lowest BCUT2D eigenvalue weighted by Crippen LogP contribution is -2.25. The molecule has 0 fully saturated rings. The number of anilines is 1. The summed E-state index contributed by atoms with van der Waals surface area (Å²) in [5.74, 6) is 0.655. The lowest BCUT2D eigenvalue weighted by molar-refractivity contribution is 0.836. The monoisotopic (exact) mass is 225 g/mol. The van der Waals surface area contributed by atoms with E-state index in [-0.39, 0.29) is 0 Å². The van der Waals surface area contributed by atoms with Gasteiger partial charge < -0.3 is 10.6 Å². The molecule has 0 aliphatic rings. The van der Waals surface area contributed by atoms with Crippen LogP contribution in [0.15, 0.2) is 18.3 Å². The Bertz CT molecular complexity index is 466. The summed E-state index contributed by atoms with van der Waals surface area (Å²) in [6.07, 6.45) is 1.73. The van der Waals surface area contributed by atoms with Gasteiger partial charge in [-0.05, 0) is 12.1 Å². The fourth-order valence-electron chi connectivity index (χ4n) is 1.30. The summed E-state index contributed by atoms with van der Waals surface area (Å²) in [4.78, 5) is 6.24. The van der Waals surface area contributed by atoms with Gasteiger partial charge in [0.15, 0.2) is 5.65 Å². The maximum absolute atomic E-state index is 5.85. The second-order valence-corrected chi connectivity index (χ2v) is 3.71. The highest BCUT2D eigenvalue weighted by Gasteiger charge is 2.07. The molecule has 0 aromatic carbocycles. The third-order valence-corrected chi connectivity index (χ3v) is 2.31. The van der Waals surface area contributed by atoms with Crippen molar-refractivity contribution in [3.05, 3.63) is 23.4 Å². The van der Waals surface area contributed by atoms with Gasteiger partial charge in [0.05, 0.1) is 5.02 Å². The van der Waals surface area contributed by atoms with Crippen molar-refractivity contribution in [3.8, 4) is 0 Å². The normalized spacial score (nSPS) is 10.9. The van der Waals surface area contributed by atoms with Crippen LogP contribution >= 0.6 is 11.6 Å². The predicted molar refractivity (Wildman–Crippen MR) is 60.3 cm³/mol. The number of hydrogen-bond donors (Lipinski definition) is 1. The molecule has 2 heterocycles. The average molecular weight is 226 g/mol. The van der Waals surface area contributed by atoms with Crippen LogP contribution in [0.5, 0.6) is 0 Å². The topological polar surface area (TPSA) is 59.5 Å². The van der Waals surface area contributed by atoms with Crippen LogP contribution in [0.4, 0.5) is 5.95 Å². The van der Waals surface area contributed by atoms with Gasteiger partial charge in [-0.15, -0.1) is 5.10 Å². The SMILES string of the molecule is CN(CCN)c1nc2ccc(Cl)cn2n1. The van der Waals surface area contributed by atoms with Gasteiger partial charge in [0, 0.05) is 26.3 Å². The third kappa shape index (κ3) is 2.03. The van der Waals surface area contributed by atoms with Crippen molar-refractivity contribution < 1.29 is 0 Å². The molecule has 0 amide bonds. The predicted octanol–water partition coefficient (Wildman–Crippen LogP) is 0.778. The zero-order chi connectivity index (χ0) is 10.8. The van der Waals surface area contributed by atoms with Crippen molar-refractivity contribution in [2.75, 3.05) is 25.0 Å². The molecule has 2 N–H and O–H groups in total. The van der Waals surface area contributed by atoms with Crippen LogP contribution in [-0.2, 0) is 0 Å². The Morgan fingerprint density at radius 1 is 1.53 bits per heavy atom. The minimum absolute atomic E-state index is 0.576. The number of nitrogens with two attached hydrogens (primary N) is 1. The van der Waals surface area contributed by atoms with Crippen LogP contribution < -0.4 is 10.6 Å². The smallest absolute Gasteiger partial charge is 0.245 e. The molecule has 0 bridgehead atoms. The number of likely N-dealkylation sites (N-methyl/N-ethyl adjacent to an activating group) is 1. The van der Waals surface area contributed by atoms with Crippen LogP contribution in [0.2, 0.25) is 5.02 Å². The summed E-state index contributed by atoms with van der Waals surface area (Å²) in [7, 11) is 1.91. The van der Waals surface area contributed by atoms with Crippen molar-refractivity contribution in [3.63, 3.8) is 0 Å². The molecule has 0 saturated carbocycles.